The zero-order valence-corrected chi connectivity index (χ0v) is 10.4. The molecule has 1 rings (SSSR count). The van der Waals surface area contributed by atoms with Crippen molar-refractivity contribution < 1.29 is 0 Å². The van der Waals surface area contributed by atoms with Gasteiger partial charge in [0.15, 0.2) is 0 Å². The molecule has 0 heterocycles. The highest BCUT2D eigenvalue weighted by Gasteiger charge is 2.01. The molecule has 0 aliphatic rings. The van der Waals surface area contributed by atoms with Crippen LogP contribution in [0.5, 0.6) is 0 Å². The number of benzene rings is 1. The molecule has 0 amide bonds. The molecule has 0 aliphatic heterocycles. The Morgan fingerprint density at radius 3 is 2.75 bits per heavy atom. The maximum absolute atomic E-state index is 8.77. The minimum atomic E-state index is 0.721. The van der Waals surface area contributed by atoms with Crippen LogP contribution in [0.1, 0.15) is 37.0 Å². The van der Waals surface area contributed by atoms with Crippen molar-refractivity contribution in [2.24, 2.45) is 5.92 Å². The zero-order valence-electron chi connectivity index (χ0n) is 10.4. The lowest BCUT2D eigenvalue weighted by Gasteiger charge is -2.11. The molecular weight excluding hydrogens is 196 g/mol. The molecule has 0 saturated heterocycles. The van der Waals surface area contributed by atoms with E-state index in [1.165, 1.54) is 17.5 Å². The highest BCUT2D eigenvalue weighted by atomic mass is 14.9. The largest absolute Gasteiger partial charge is 0.312 e. The Morgan fingerprint density at radius 1 is 1.44 bits per heavy atom. The van der Waals surface area contributed by atoms with Crippen molar-refractivity contribution in [2.75, 3.05) is 6.54 Å². The van der Waals surface area contributed by atoms with Crippen molar-refractivity contribution in [3.63, 3.8) is 0 Å². The molecule has 0 fully saturated rings. The Bertz CT molecular complexity index is 377. The predicted molar refractivity (Wildman–Crippen MR) is 67.1 cm³/mol. The maximum Gasteiger partial charge on any atom is 0.0991 e. The van der Waals surface area contributed by atoms with Crippen molar-refractivity contribution in [2.45, 2.75) is 33.7 Å². The average molecular weight is 216 g/mol. The summed E-state index contributed by atoms with van der Waals surface area (Å²) in [4.78, 5) is 0. The minimum Gasteiger partial charge on any atom is -0.312 e. The van der Waals surface area contributed by atoms with Gasteiger partial charge in [-0.3, -0.25) is 0 Å². The van der Waals surface area contributed by atoms with E-state index in [2.05, 4.69) is 32.2 Å². The molecule has 0 aromatic heterocycles. The average Bonchev–Trinajstić information content (AvgIpc) is 2.30. The third kappa shape index (κ3) is 3.67. The highest BCUT2D eigenvalue weighted by Crippen LogP contribution is 2.10. The standard InChI is InChI=1S/C14H20N2/c1-4-11(2)9-16-10-14-6-5-13(8-15)7-12(14)3/h5-7,11,16H,4,9-10H2,1-3H3. The third-order valence-electron chi connectivity index (χ3n) is 2.98. The number of nitrogens with one attached hydrogen (secondary N) is 1. The lowest BCUT2D eigenvalue weighted by Crippen LogP contribution is -2.20. The van der Waals surface area contributed by atoms with Gasteiger partial charge in [-0.2, -0.15) is 5.26 Å². The highest BCUT2D eigenvalue weighted by molar-refractivity contribution is 5.37. The van der Waals surface area contributed by atoms with Crippen LogP contribution in [-0.2, 0) is 6.54 Å². The van der Waals surface area contributed by atoms with Gasteiger partial charge in [0, 0.05) is 6.54 Å². The summed E-state index contributed by atoms with van der Waals surface area (Å²) in [6.45, 7) is 8.46. The molecular formula is C14H20N2. The molecule has 1 N–H and O–H groups in total. The molecule has 1 aromatic carbocycles. The van der Waals surface area contributed by atoms with E-state index in [-0.39, 0.29) is 0 Å². The Hall–Kier alpha value is -1.33. The van der Waals surface area contributed by atoms with Gasteiger partial charge in [-0.15, -0.1) is 0 Å². The summed E-state index contributed by atoms with van der Waals surface area (Å²) < 4.78 is 0. The van der Waals surface area contributed by atoms with Crippen LogP contribution in [0.25, 0.3) is 0 Å². The van der Waals surface area contributed by atoms with E-state index in [9.17, 15) is 0 Å². The van der Waals surface area contributed by atoms with Gasteiger partial charge in [-0.05, 0) is 42.6 Å². The van der Waals surface area contributed by atoms with Crippen LogP contribution in [0.2, 0.25) is 0 Å². The van der Waals surface area contributed by atoms with Crippen molar-refractivity contribution in [1.82, 2.24) is 5.32 Å². The van der Waals surface area contributed by atoms with Crippen LogP contribution in [0.15, 0.2) is 18.2 Å². The van der Waals surface area contributed by atoms with Crippen LogP contribution in [0, 0.1) is 24.2 Å². The molecule has 0 saturated carbocycles. The second kappa shape index (κ2) is 6.30. The van der Waals surface area contributed by atoms with Gasteiger partial charge in [0.25, 0.3) is 0 Å². The summed E-state index contributed by atoms with van der Waals surface area (Å²) >= 11 is 0. The van der Waals surface area contributed by atoms with Gasteiger partial charge < -0.3 is 5.32 Å². The number of rotatable bonds is 5. The number of nitrogens with zero attached hydrogens (tertiary/aromatic N) is 1. The van der Waals surface area contributed by atoms with E-state index in [4.69, 9.17) is 5.26 Å². The first-order chi connectivity index (χ1) is 7.67. The molecule has 1 aromatic rings. The zero-order chi connectivity index (χ0) is 12.0. The molecule has 0 radical (unpaired) electrons. The SMILES string of the molecule is CCC(C)CNCc1ccc(C#N)cc1C. The number of aryl methyl sites for hydroxylation is 1. The van der Waals surface area contributed by atoms with Crippen LogP contribution in [0.3, 0.4) is 0 Å². The molecule has 1 atom stereocenters. The van der Waals surface area contributed by atoms with E-state index in [1.54, 1.807) is 0 Å². The Balaban J connectivity index is 2.52. The topological polar surface area (TPSA) is 35.8 Å². The Labute approximate surface area is 98.3 Å². The van der Waals surface area contributed by atoms with Crippen molar-refractivity contribution in [3.05, 3.63) is 34.9 Å². The van der Waals surface area contributed by atoms with E-state index in [0.717, 1.165) is 24.6 Å². The molecule has 1 unspecified atom stereocenters. The van der Waals surface area contributed by atoms with Gasteiger partial charge in [0.2, 0.25) is 0 Å². The summed E-state index contributed by atoms with van der Waals surface area (Å²) in [6.07, 6.45) is 1.21. The van der Waals surface area contributed by atoms with Crippen molar-refractivity contribution >= 4 is 0 Å². The van der Waals surface area contributed by atoms with Gasteiger partial charge in [-0.1, -0.05) is 26.3 Å². The van der Waals surface area contributed by atoms with Crippen LogP contribution >= 0.6 is 0 Å². The summed E-state index contributed by atoms with van der Waals surface area (Å²) in [5.41, 5.74) is 3.21. The lowest BCUT2D eigenvalue weighted by molar-refractivity contribution is 0.499. The number of hydrogen-bond acceptors (Lipinski definition) is 2. The number of hydrogen-bond donors (Lipinski definition) is 1. The van der Waals surface area contributed by atoms with Crippen LogP contribution in [-0.4, -0.2) is 6.54 Å². The first-order valence-corrected chi connectivity index (χ1v) is 5.87. The van der Waals surface area contributed by atoms with E-state index in [0.29, 0.717) is 0 Å². The Kier molecular flexibility index (Phi) is 5.01. The van der Waals surface area contributed by atoms with Gasteiger partial charge >= 0.3 is 0 Å². The fourth-order valence-corrected chi connectivity index (χ4v) is 1.56. The van der Waals surface area contributed by atoms with Gasteiger partial charge in [-0.25, -0.2) is 0 Å². The quantitative estimate of drug-likeness (QED) is 0.821. The third-order valence-corrected chi connectivity index (χ3v) is 2.98. The fourth-order valence-electron chi connectivity index (χ4n) is 1.56. The molecule has 2 heteroatoms. The predicted octanol–water partition coefficient (Wildman–Crippen LogP) is 3.00. The van der Waals surface area contributed by atoms with Crippen LogP contribution in [0.4, 0.5) is 0 Å². The second-order valence-electron chi connectivity index (χ2n) is 4.40. The van der Waals surface area contributed by atoms with Crippen molar-refractivity contribution in [1.29, 1.82) is 5.26 Å². The molecule has 2 nitrogen and oxygen atoms in total. The summed E-state index contributed by atoms with van der Waals surface area (Å²) in [5.74, 6) is 0.721. The van der Waals surface area contributed by atoms with E-state index < -0.39 is 0 Å². The maximum atomic E-state index is 8.77. The molecule has 16 heavy (non-hydrogen) atoms. The Morgan fingerprint density at radius 2 is 2.19 bits per heavy atom. The first-order valence-electron chi connectivity index (χ1n) is 5.87. The normalized spacial score (nSPS) is 12.1. The van der Waals surface area contributed by atoms with Crippen molar-refractivity contribution in [3.8, 4) is 6.07 Å². The summed E-state index contributed by atoms with van der Waals surface area (Å²) in [6, 6.07) is 8.02. The molecule has 86 valence electrons. The second-order valence-corrected chi connectivity index (χ2v) is 4.40. The first kappa shape index (κ1) is 12.7. The molecule has 0 bridgehead atoms. The summed E-state index contributed by atoms with van der Waals surface area (Å²) in [5, 5.41) is 12.2. The smallest absolute Gasteiger partial charge is 0.0991 e. The summed E-state index contributed by atoms with van der Waals surface area (Å²) in [7, 11) is 0. The fraction of sp³-hybridized carbons (Fsp3) is 0.500. The minimum absolute atomic E-state index is 0.721. The molecule has 0 spiro atoms. The van der Waals surface area contributed by atoms with Gasteiger partial charge in [0.05, 0.1) is 11.6 Å². The number of nitriles is 1. The lowest BCUT2D eigenvalue weighted by atomic mass is 10.1. The van der Waals surface area contributed by atoms with Crippen LogP contribution < -0.4 is 5.32 Å². The monoisotopic (exact) mass is 216 g/mol. The van der Waals surface area contributed by atoms with E-state index >= 15 is 0 Å². The molecule has 0 aliphatic carbocycles. The van der Waals surface area contributed by atoms with Gasteiger partial charge in [0.1, 0.15) is 0 Å². The van der Waals surface area contributed by atoms with E-state index in [1.807, 2.05) is 18.2 Å².